The molecule has 2 aromatic heterocycles. The molecule has 0 saturated heterocycles. The first-order valence-electron chi connectivity index (χ1n) is 6.57. The van der Waals surface area contributed by atoms with Gasteiger partial charge in [-0.15, -0.1) is 0 Å². The minimum Gasteiger partial charge on any atom is -0.340 e. The number of halogens is 2. The molecule has 3 rings (SSSR count). The van der Waals surface area contributed by atoms with E-state index in [0.29, 0.717) is 6.54 Å². The smallest absolute Gasteiger partial charge is 0.0865 e. The minimum atomic E-state index is 0.667. The highest BCUT2D eigenvalue weighted by Crippen LogP contribution is 2.27. The molecule has 5 heteroatoms. The molecule has 0 N–H and O–H groups in total. The van der Waals surface area contributed by atoms with E-state index in [-0.39, 0.29) is 0 Å². The summed E-state index contributed by atoms with van der Waals surface area (Å²) in [6.07, 6.45) is 2.04. The first-order valence-corrected chi connectivity index (χ1v) is 7.32. The summed E-state index contributed by atoms with van der Waals surface area (Å²) in [4.78, 5) is 0. The largest absolute Gasteiger partial charge is 0.340 e. The summed E-state index contributed by atoms with van der Waals surface area (Å²) in [7, 11) is 0. The van der Waals surface area contributed by atoms with Gasteiger partial charge in [0.2, 0.25) is 0 Å². The van der Waals surface area contributed by atoms with E-state index in [4.69, 9.17) is 23.2 Å². The molecule has 104 valence electrons. The molecule has 3 aromatic rings. The summed E-state index contributed by atoms with van der Waals surface area (Å²) in [5, 5.41) is 7.07. The molecule has 2 heterocycles. The van der Waals surface area contributed by atoms with Crippen LogP contribution in [-0.4, -0.2) is 14.3 Å². The molecule has 0 fully saturated rings. The average molecular weight is 308 g/mol. The van der Waals surface area contributed by atoms with Crippen LogP contribution in [0.1, 0.15) is 18.3 Å². The second kappa shape index (κ2) is 5.15. The molecule has 0 bridgehead atoms. The van der Waals surface area contributed by atoms with Crippen LogP contribution in [0.3, 0.4) is 0 Å². The molecule has 1 aromatic carbocycles. The van der Waals surface area contributed by atoms with Crippen molar-refractivity contribution in [2.45, 2.75) is 26.9 Å². The normalized spacial score (nSPS) is 11.4. The van der Waals surface area contributed by atoms with Crippen molar-refractivity contribution in [1.82, 2.24) is 14.3 Å². The maximum atomic E-state index is 6.37. The van der Waals surface area contributed by atoms with Crippen molar-refractivity contribution in [3.05, 3.63) is 51.9 Å². The third-order valence-electron chi connectivity index (χ3n) is 3.51. The Hall–Kier alpha value is -1.45. The quantitative estimate of drug-likeness (QED) is 0.697. The number of hydrogen-bond donors (Lipinski definition) is 0. The third kappa shape index (κ3) is 2.11. The fourth-order valence-corrected chi connectivity index (χ4v) is 3.01. The fourth-order valence-electron chi connectivity index (χ4n) is 2.53. The zero-order valence-electron chi connectivity index (χ0n) is 11.4. The SMILES string of the molecule is CCn1nc(C)c(Cl)c1Cn1ccc2cccc(Cl)c21. The van der Waals surface area contributed by atoms with Gasteiger partial charge in [-0.2, -0.15) is 5.10 Å². The summed E-state index contributed by atoms with van der Waals surface area (Å²) in [6.45, 7) is 5.46. The molecule has 0 amide bonds. The molecule has 0 aliphatic rings. The van der Waals surface area contributed by atoms with E-state index in [2.05, 4.69) is 28.7 Å². The van der Waals surface area contributed by atoms with E-state index in [0.717, 1.165) is 38.9 Å². The predicted molar refractivity (Wildman–Crippen MR) is 83.7 cm³/mol. The first-order chi connectivity index (χ1) is 9.61. The Bertz CT molecular complexity index is 771. The maximum absolute atomic E-state index is 6.37. The molecular weight excluding hydrogens is 293 g/mol. The van der Waals surface area contributed by atoms with Crippen LogP contribution in [0.15, 0.2) is 30.5 Å². The Labute approximate surface area is 127 Å². The van der Waals surface area contributed by atoms with Crippen LogP contribution >= 0.6 is 23.2 Å². The molecule has 3 nitrogen and oxygen atoms in total. The Morgan fingerprint density at radius 1 is 1.20 bits per heavy atom. The minimum absolute atomic E-state index is 0.667. The zero-order valence-corrected chi connectivity index (χ0v) is 12.9. The van der Waals surface area contributed by atoms with Gasteiger partial charge in [-0.3, -0.25) is 4.68 Å². The summed E-state index contributed by atoms with van der Waals surface area (Å²) in [6, 6.07) is 7.99. The van der Waals surface area contributed by atoms with Gasteiger partial charge in [-0.05, 0) is 26.0 Å². The lowest BCUT2D eigenvalue weighted by Gasteiger charge is -2.09. The third-order valence-corrected chi connectivity index (χ3v) is 4.31. The Kier molecular flexibility index (Phi) is 3.48. The van der Waals surface area contributed by atoms with Crippen LogP contribution in [0.25, 0.3) is 10.9 Å². The Morgan fingerprint density at radius 3 is 2.75 bits per heavy atom. The summed E-state index contributed by atoms with van der Waals surface area (Å²) < 4.78 is 4.06. The van der Waals surface area contributed by atoms with Gasteiger partial charge in [0.25, 0.3) is 0 Å². The van der Waals surface area contributed by atoms with Gasteiger partial charge in [0.05, 0.1) is 33.5 Å². The van der Waals surface area contributed by atoms with Gasteiger partial charge in [0.15, 0.2) is 0 Å². The van der Waals surface area contributed by atoms with Gasteiger partial charge in [0.1, 0.15) is 0 Å². The number of benzene rings is 1. The van der Waals surface area contributed by atoms with E-state index >= 15 is 0 Å². The lowest BCUT2D eigenvalue weighted by Crippen LogP contribution is -2.07. The number of nitrogens with zero attached hydrogens (tertiary/aromatic N) is 3. The second-order valence-electron chi connectivity index (χ2n) is 4.78. The van der Waals surface area contributed by atoms with Crippen LogP contribution in [0.4, 0.5) is 0 Å². The van der Waals surface area contributed by atoms with Crippen molar-refractivity contribution in [3.63, 3.8) is 0 Å². The van der Waals surface area contributed by atoms with Crippen molar-refractivity contribution in [2.24, 2.45) is 0 Å². The van der Waals surface area contributed by atoms with E-state index in [9.17, 15) is 0 Å². The number of fused-ring (bicyclic) bond motifs is 1. The van der Waals surface area contributed by atoms with Gasteiger partial charge < -0.3 is 4.57 Å². The van der Waals surface area contributed by atoms with Crippen LogP contribution in [-0.2, 0) is 13.1 Å². The highest BCUT2D eigenvalue weighted by atomic mass is 35.5. The molecule has 0 atom stereocenters. The number of aryl methyl sites for hydroxylation is 2. The molecule has 0 aliphatic heterocycles. The van der Waals surface area contributed by atoms with Gasteiger partial charge in [-0.25, -0.2) is 0 Å². The Morgan fingerprint density at radius 2 is 2.00 bits per heavy atom. The molecular formula is C15H15Cl2N3. The van der Waals surface area contributed by atoms with Crippen molar-refractivity contribution >= 4 is 34.1 Å². The average Bonchev–Trinajstić information content (AvgIpc) is 2.96. The van der Waals surface area contributed by atoms with Crippen LogP contribution in [0, 0.1) is 6.92 Å². The van der Waals surface area contributed by atoms with Crippen molar-refractivity contribution in [1.29, 1.82) is 0 Å². The monoisotopic (exact) mass is 307 g/mol. The maximum Gasteiger partial charge on any atom is 0.0865 e. The van der Waals surface area contributed by atoms with Crippen LogP contribution in [0.5, 0.6) is 0 Å². The van der Waals surface area contributed by atoms with Crippen LogP contribution < -0.4 is 0 Å². The van der Waals surface area contributed by atoms with Crippen LogP contribution in [0.2, 0.25) is 10.0 Å². The summed E-state index contributed by atoms with van der Waals surface area (Å²) in [5.74, 6) is 0. The first kappa shape index (κ1) is 13.5. The van der Waals surface area contributed by atoms with Gasteiger partial charge in [0, 0.05) is 18.1 Å². The van der Waals surface area contributed by atoms with E-state index in [1.807, 2.05) is 29.9 Å². The zero-order chi connectivity index (χ0) is 14.3. The van der Waals surface area contributed by atoms with Gasteiger partial charge in [-0.1, -0.05) is 35.3 Å². The fraction of sp³-hybridized carbons (Fsp3) is 0.267. The van der Waals surface area contributed by atoms with Crippen molar-refractivity contribution in [3.8, 4) is 0 Å². The van der Waals surface area contributed by atoms with E-state index in [1.165, 1.54) is 0 Å². The molecule has 0 radical (unpaired) electrons. The Balaban J connectivity index is 2.10. The molecule has 0 aliphatic carbocycles. The lowest BCUT2D eigenvalue weighted by molar-refractivity contribution is 0.602. The number of aromatic nitrogens is 3. The van der Waals surface area contributed by atoms with Gasteiger partial charge >= 0.3 is 0 Å². The predicted octanol–water partition coefficient (Wildman–Crippen LogP) is 4.52. The highest BCUT2D eigenvalue weighted by Gasteiger charge is 2.14. The molecule has 0 saturated carbocycles. The standard InChI is InChI=1S/C15H15Cl2N3/c1-3-20-13(14(17)10(2)18-20)9-19-8-7-11-5-4-6-12(16)15(11)19/h4-8H,3,9H2,1-2H3. The second-order valence-corrected chi connectivity index (χ2v) is 5.57. The highest BCUT2D eigenvalue weighted by molar-refractivity contribution is 6.35. The number of para-hydroxylation sites is 1. The molecule has 0 unspecified atom stereocenters. The van der Waals surface area contributed by atoms with Crippen molar-refractivity contribution in [2.75, 3.05) is 0 Å². The summed E-state index contributed by atoms with van der Waals surface area (Å²) in [5.41, 5.74) is 2.92. The molecule has 0 spiro atoms. The van der Waals surface area contributed by atoms with Crippen molar-refractivity contribution < 1.29 is 0 Å². The lowest BCUT2D eigenvalue weighted by atomic mass is 10.2. The topological polar surface area (TPSA) is 22.8 Å². The van der Waals surface area contributed by atoms with E-state index in [1.54, 1.807) is 0 Å². The number of hydrogen-bond acceptors (Lipinski definition) is 1. The van der Waals surface area contributed by atoms with E-state index < -0.39 is 0 Å². The molecule has 20 heavy (non-hydrogen) atoms. The summed E-state index contributed by atoms with van der Waals surface area (Å²) >= 11 is 12.7. The number of rotatable bonds is 3.